The summed E-state index contributed by atoms with van der Waals surface area (Å²) in [5.41, 5.74) is 1.48. The Morgan fingerprint density at radius 1 is 1.19 bits per heavy atom. The molecule has 1 fully saturated rings. The van der Waals surface area contributed by atoms with E-state index < -0.39 is 5.97 Å². The molecule has 31 heavy (non-hydrogen) atoms. The van der Waals surface area contributed by atoms with Gasteiger partial charge in [-0.15, -0.1) is 10.2 Å². The quantitative estimate of drug-likeness (QED) is 0.529. The van der Waals surface area contributed by atoms with Gasteiger partial charge < -0.3 is 20.2 Å². The summed E-state index contributed by atoms with van der Waals surface area (Å²) in [6.45, 7) is 3.27. The van der Waals surface area contributed by atoms with E-state index in [-0.39, 0.29) is 33.8 Å². The zero-order valence-corrected chi connectivity index (χ0v) is 17.5. The van der Waals surface area contributed by atoms with Crippen LogP contribution < -0.4 is 10.6 Å². The lowest BCUT2D eigenvalue weighted by atomic mass is 9.79. The number of thiazole rings is 1. The molecule has 0 spiro atoms. The van der Waals surface area contributed by atoms with Gasteiger partial charge in [0.15, 0.2) is 5.13 Å². The summed E-state index contributed by atoms with van der Waals surface area (Å²) in [5, 5.41) is 22.7. The van der Waals surface area contributed by atoms with Gasteiger partial charge in [0.05, 0.1) is 5.69 Å². The number of nitrogens with zero attached hydrogens (tertiary/aromatic N) is 3. The maximum atomic E-state index is 12.6. The highest BCUT2D eigenvalue weighted by Crippen LogP contribution is 2.30. The van der Waals surface area contributed by atoms with Crippen LogP contribution in [0.1, 0.15) is 44.5 Å². The van der Waals surface area contributed by atoms with Crippen molar-refractivity contribution in [3.8, 4) is 11.5 Å². The highest BCUT2D eigenvalue weighted by Gasteiger charge is 2.36. The number of aryl methyl sites for hydroxylation is 2. The van der Waals surface area contributed by atoms with Crippen molar-refractivity contribution in [2.75, 3.05) is 5.32 Å². The first-order chi connectivity index (χ1) is 14.8. The first kappa shape index (κ1) is 20.7. The van der Waals surface area contributed by atoms with Gasteiger partial charge in [0.1, 0.15) is 4.88 Å². The number of carbonyl (C=O) groups is 3. The summed E-state index contributed by atoms with van der Waals surface area (Å²) in [7, 11) is 0. The highest BCUT2D eigenvalue weighted by molar-refractivity contribution is 7.17. The summed E-state index contributed by atoms with van der Waals surface area (Å²) in [5.74, 6) is -1.03. The molecule has 2 heterocycles. The summed E-state index contributed by atoms with van der Waals surface area (Å²) >= 11 is 0.928. The minimum Gasteiger partial charge on any atom is -0.477 e. The number of hydrogen-bond acceptors (Lipinski definition) is 8. The zero-order chi connectivity index (χ0) is 22.1. The SMILES string of the molecule is Cc1nnc(-c2cccc(C(=O)NC3CC(C(=O)Nc4nc(C)c(C(=O)O)s4)C3)c2)o1. The molecule has 2 aromatic heterocycles. The molecule has 11 heteroatoms. The molecular weight excluding hydrogens is 422 g/mol. The van der Waals surface area contributed by atoms with Crippen molar-refractivity contribution in [1.82, 2.24) is 20.5 Å². The van der Waals surface area contributed by atoms with E-state index in [2.05, 4.69) is 25.8 Å². The predicted molar refractivity (Wildman–Crippen MR) is 111 cm³/mol. The van der Waals surface area contributed by atoms with Crippen LogP contribution in [0.15, 0.2) is 28.7 Å². The van der Waals surface area contributed by atoms with Gasteiger partial charge in [-0.05, 0) is 38.0 Å². The van der Waals surface area contributed by atoms with Crippen LogP contribution in [0.5, 0.6) is 0 Å². The van der Waals surface area contributed by atoms with Crippen molar-refractivity contribution in [3.63, 3.8) is 0 Å². The van der Waals surface area contributed by atoms with Crippen LogP contribution in [0.4, 0.5) is 5.13 Å². The molecule has 10 nitrogen and oxygen atoms in total. The Labute approximate surface area is 180 Å². The standard InChI is InChI=1S/C20H19N5O5S/c1-9-15(19(28)29)31-20(21-9)23-17(27)13-7-14(8-13)22-16(26)11-4-3-5-12(6-11)18-25-24-10(2)30-18/h3-6,13-14H,7-8H2,1-2H3,(H,22,26)(H,28,29)(H,21,23,27). The number of amides is 2. The Morgan fingerprint density at radius 3 is 2.61 bits per heavy atom. The molecule has 3 N–H and O–H groups in total. The van der Waals surface area contributed by atoms with E-state index in [4.69, 9.17) is 9.52 Å². The van der Waals surface area contributed by atoms with Gasteiger partial charge in [-0.2, -0.15) is 0 Å². The van der Waals surface area contributed by atoms with Crippen LogP contribution in [0, 0.1) is 19.8 Å². The molecule has 0 saturated heterocycles. The number of nitrogens with one attached hydrogen (secondary N) is 2. The van der Waals surface area contributed by atoms with Crippen LogP contribution in [0.3, 0.4) is 0 Å². The van der Waals surface area contributed by atoms with Crippen LogP contribution >= 0.6 is 11.3 Å². The number of anilines is 1. The topological polar surface area (TPSA) is 147 Å². The number of aromatic nitrogens is 3. The van der Waals surface area contributed by atoms with Gasteiger partial charge in [0.2, 0.25) is 17.7 Å². The normalized spacial score (nSPS) is 17.6. The second-order valence-electron chi connectivity index (χ2n) is 7.27. The van der Waals surface area contributed by atoms with Crippen molar-refractivity contribution in [2.24, 2.45) is 5.92 Å². The monoisotopic (exact) mass is 441 g/mol. The number of benzene rings is 1. The van der Waals surface area contributed by atoms with Gasteiger partial charge in [-0.25, -0.2) is 9.78 Å². The average molecular weight is 441 g/mol. The first-order valence-electron chi connectivity index (χ1n) is 9.53. The third kappa shape index (κ3) is 4.45. The van der Waals surface area contributed by atoms with E-state index in [9.17, 15) is 14.4 Å². The van der Waals surface area contributed by atoms with Gasteiger partial charge in [0.25, 0.3) is 5.91 Å². The van der Waals surface area contributed by atoms with E-state index in [1.807, 2.05) is 0 Å². The van der Waals surface area contributed by atoms with E-state index in [1.54, 1.807) is 38.1 Å². The third-order valence-electron chi connectivity index (χ3n) is 4.96. The van der Waals surface area contributed by atoms with E-state index in [1.165, 1.54) is 0 Å². The van der Waals surface area contributed by atoms with Gasteiger partial charge in [0, 0.05) is 30.0 Å². The summed E-state index contributed by atoms with van der Waals surface area (Å²) < 4.78 is 5.39. The summed E-state index contributed by atoms with van der Waals surface area (Å²) in [6, 6.07) is 6.77. The summed E-state index contributed by atoms with van der Waals surface area (Å²) in [4.78, 5) is 40.2. The lowest BCUT2D eigenvalue weighted by Gasteiger charge is -2.34. The number of carbonyl (C=O) groups excluding carboxylic acids is 2. The van der Waals surface area contributed by atoms with Crippen molar-refractivity contribution >= 4 is 34.3 Å². The molecular formula is C20H19N5O5S. The molecule has 0 aliphatic heterocycles. The zero-order valence-electron chi connectivity index (χ0n) is 16.7. The fourth-order valence-electron chi connectivity index (χ4n) is 3.28. The largest absolute Gasteiger partial charge is 0.477 e. The molecule has 1 aromatic carbocycles. The molecule has 0 atom stereocenters. The molecule has 3 aromatic rings. The van der Waals surface area contributed by atoms with Gasteiger partial charge >= 0.3 is 5.97 Å². The molecule has 0 bridgehead atoms. The Morgan fingerprint density at radius 2 is 1.97 bits per heavy atom. The van der Waals surface area contributed by atoms with Crippen LogP contribution in [-0.2, 0) is 4.79 Å². The van der Waals surface area contributed by atoms with Crippen LogP contribution in [0.2, 0.25) is 0 Å². The smallest absolute Gasteiger partial charge is 0.347 e. The predicted octanol–water partition coefficient (Wildman–Crippen LogP) is 2.66. The van der Waals surface area contributed by atoms with Crippen molar-refractivity contribution < 1.29 is 23.9 Å². The molecule has 1 saturated carbocycles. The average Bonchev–Trinajstić information content (AvgIpc) is 3.29. The van der Waals surface area contributed by atoms with Crippen molar-refractivity contribution in [2.45, 2.75) is 32.7 Å². The lowest BCUT2D eigenvalue weighted by molar-refractivity contribution is -0.122. The summed E-state index contributed by atoms with van der Waals surface area (Å²) in [6.07, 6.45) is 0.993. The number of carboxylic acids is 1. The molecule has 1 aliphatic rings. The molecule has 1 aliphatic carbocycles. The van der Waals surface area contributed by atoms with Crippen LogP contribution in [0.25, 0.3) is 11.5 Å². The van der Waals surface area contributed by atoms with Gasteiger partial charge in [-0.1, -0.05) is 17.4 Å². The Kier molecular flexibility index (Phi) is 5.51. The van der Waals surface area contributed by atoms with E-state index in [0.717, 1.165) is 11.3 Å². The number of aromatic carboxylic acids is 1. The molecule has 0 radical (unpaired) electrons. The molecule has 2 amide bonds. The molecule has 0 unspecified atom stereocenters. The maximum absolute atomic E-state index is 12.6. The molecule has 160 valence electrons. The maximum Gasteiger partial charge on any atom is 0.347 e. The number of carboxylic acid groups (broad SMARTS) is 1. The fraction of sp³-hybridized carbons (Fsp3) is 0.300. The second-order valence-corrected chi connectivity index (χ2v) is 8.27. The Hall–Kier alpha value is -3.60. The number of rotatable bonds is 6. The van der Waals surface area contributed by atoms with Crippen molar-refractivity contribution in [3.05, 3.63) is 46.3 Å². The van der Waals surface area contributed by atoms with Gasteiger partial charge in [-0.3, -0.25) is 9.59 Å². The highest BCUT2D eigenvalue weighted by atomic mass is 32.1. The van der Waals surface area contributed by atoms with Crippen molar-refractivity contribution in [1.29, 1.82) is 0 Å². The van der Waals surface area contributed by atoms with E-state index >= 15 is 0 Å². The fourth-order valence-corrected chi connectivity index (χ4v) is 4.09. The minimum atomic E-state index is -1.07. The third-order valence-corrected chi connectivity index (χ3v) is 6.02. The molecule has 4 rings (SSSR count). The number of hydrogen-bond donors (Lipinski definition) is 3. The first-order valence-corrected chi connectivity index (χ1v) is 10.3. The van der Waals surface area contributed by atoms with Crippen LogP contribution in [-0.4, -0.2) is 44.1 Å². The van der Waals surface area contributed by atoms with E-state index in [0.29, 0.717) is 41.4 Å². The lowest BCUT2D eigenvalue weighted by Crippen LogP contribution is -2.48. The Balaban J connectivity index is 1.31. The second kappa shape index (κ2) is 8.26. The Bertz CT molecular complexity index is 1160. The minimum absolute atomic E-state index is 0.104.